The Kier molecular flexibility index (Phi) is 5.39. The second-order valence-corrected chi connectivity index (χ2v) is 4.13. The van der Waals surface area contributed by atoms with E-state index in [0.717, 1.165) is 17.3 Å². The summed E-state index contributed by atoms with van der Waals surface area (Å²) in [6, 6.07) is 9.50. The van der Waals surface area contributed by atoms with Crippen molar-refractivity contribution < 1.29 is 4.74 Å². The van der Waals surface area contributed by atoms with E-state index in [0.29, 0.717) is 24.3 Å². The Bertz CT molecular complexity index is 432. The second-order valence-electron chi connectivity index (χ2n) is 3.22. The van der Waals surface area contributed by atoms with E-state index in [1.807, 2.05) is 6.07 Å². The Morgan fingerprint density at radius 2 is 2.06 bits per heavy atom. The number of rotatable bonds is 5. The topological polar surface area (TPSA) is 56.8 Å². The molecular formula is C12H11BrN2O. The molecule has 0 fully saturated rings. The van der Waals surface area contributed by atoms with Gasteiger partial charge >= 0.3 is 0 Å². The Hall–Kier alpha value is -1.52. The van der Waals surface area contributed by atoms with Crippen LogP contribution in [0.4, 0.5) is 0 Å². The molecule has 1 rings (SSSR count). The van der Waals surface area contributed by atoms with Crippen LogP contribution in [0.25, 0.3) is 0 Å². The van der Waals surface area contributed by atoms with Gasteiger partial charge in [-0.15, -0.1) is 0 Å². The van der Waals surface area contributed by atoms with Crippen molar-refractivity contribution in [3.8, 4) is 17.9 Å². The molecule has 1 aromatic carbocycles. The van der Waals surface area contributed by atoms with Crippen LogP contribution in [-0.2, 0) is 0 Å². The molecule has 0 unspecified atom stereocenters. The molecule has 0 radical (unpaired) electrons. The third-order valence-corrected chi connectivity index (χ3v) is 2.50. The Morgan fingerprint density at radius 1 is 1.25 bits per heavy atom. The van der Waals surface area contributed by atoms with Gasteiger partial charge in [0.25, 0.3) is 0 Å². The van der Waals surface area contributed by atoms with Crippen LogP contribution >= 0.6 is 15.9 Å². The van der Waals surface area contributed by atoms with Crippen LogP contribution in [0.15, 0.2) is 22.7 Å². The summed E-state index contributed by atoms with van der Waals surface area (Å²) < 4.78 is 6.34. The van der Waals surface area contributed by atoms with Gasteiger partial charge in [0.05, 0.1) is 18.2 Å². The lowest BCUT2D eigenvalue weighted by atomic mass is 10.2. The van der Waals surface area contributed by atoms with Crippen LogP contribution in [0.5, 0.6) is 5.75 Å². The molecule has 0 aliphatic heterocycles. The van der Waals surface area contributed by atoms with Crippen LogP contribution < -0.4 is 4.74 Å². The van der Waals surface area contributed by atoms with Gasteiger partial charge in [-0.1, -0.05) is 15.9 Å². The predicted molar refractivity (Wildman–Crippen MR) is 63.8 cm³/mol. The van der Waals surface area contributed by atoms with Crippen LogP contribution in [0.2, 0.25) is 0 Å². The monoisotopic (exact) mass is 278 g/mol. The molecule has 3 nitrogen and oxygen atoms in total. The minimum absolute atomic E-state index is 0.523. The van der Waals surface area contributed by atoms with Crippen molar-refractivity contribution in [3.63, 3.8) is 0 Å². The van der Waals surface area contributed by atoms with E-state index in [2.05, 4.69) is 28.1 Å². The fourth-order valence-electron chi connectivity index (χ4n) is 1.20. The summed E-state index contributed by atoms with van der Waals surface area (Å²) in [6.45, 7) is 0.540. The maximum atomic E-state index is 8.89. The summed E-state index contributed by atoms with van der Waals surface area (Å²) >= 11 is 3.30. The molecule has 0 aromatic heterocycles. The summed E-state index contributed by atoms with van der Waals surface area (Å²) in [7, 11) is 0. The summed E-state index contributed by atoms with van der Waals surface area (Å²) in [5.74, 6) is 0.600. The van der Waals surface area contributed by atoms with Crippen molar-refractivity contribution in [2.45, 2.75) is 19.3 Å². The van der Waals surface area contributed by atoms with Gasteiger partial charge in [-0.05, 0) is 31.0 Å². The van der Waals surface area contributed by atoms with Gasteiger partial charge in [0.2, 0.25) is 0 Å². The molecule has 0 aliphatic rings. The Morgan fingerprint density at radius 3 is 2.75 bits per heavy atom. The van der Waals surface area contributed by atoms with Crippen molar-refractivity contribution in [2.75, 3.05) is 6.61 Å². The largest absolute Gasteiger partial charge is 0.492 e. The lowest BCUT2D eigenvalue weighted by Gasteiger charge is -2.07. The first-order valence-electron chi connectivity index (χ1n) is 4.97. The number of hydrogen-bond donors (Lipinski definition) is 0. The zero-order chi connectivity index (χ0) is 11.8. The number of hydrogen-bond acceptors (Lipinski definition) is 3. The highest BCUT2D eigenvalue weighted by Gasteiger charge is 2.03. The minimum atomic E-state index is 0.523. The summed E-state index contributed by atoms with van der Waals surface area (Å²) in [4.78, 5) is 0. The summed E-state index contributed by atoms with van der Waals surface area (Å²) in [5.41, 5.74) is 0.523. The fourth-order valence-corrected chi connectivity index (χ4v) is 1.56. The molecule has 0 aliphatic carbocycles. The highest BCUT2D eigenvalue weighted by atomic mass is 79.9. The van der Waals surface area contributed by atoms with Gasteiger partial charge in [-0.3, -0.25) is 0 Å². The summed E-state index contributed by atoms with van der Waals surface area (Å²) in [5, 5.41) is 17.2. The van der Waals surface area contributed by atoms with E-state index in [1.54, 1.807) is 12.1 Å². The summed E-state index contributed by atoms with van der Waals surface area (Å²) in [6.07, 6.45) is 2.21. The second kappa shape index (κ2) is 6.87. The van der Waals surface area contributed by atoms with E-state index in [1.165, 1.54) is 0 Å². The molecule has 0 heterocycles. The van der Waals surface area contributed by atoms with Gasteiger partial charge in [-0.25, -0.2) is 0 Å². The zero-order valence-corrected chi connectivity index (χ0v) is 10.3. The molecule has 0 spiro atoms. The van der Waals surface area contributed by atoms with Gasteiger partial charge in [-0.2, -0.15) is 10.5 Å². The average molecular weight is 279 g/mol. The number of nitriles is 2. The SMILES string of the molecule is N#CCCCCOc1ccc(Br)cc1C#N. The first-order valence-corrected chi connectivity index (χ1v) is 5.76. The smallest absolute Gasteiger partial charge is 0.137 e. The van der Waals surface area contributed by atoms with Gasteiger partial charge in [0.1, 0.15) is 11.8 Å². The number of ether oxygens (including phenoxy) is 1. The molecule has 0 saturated heterocycles. The first-order chi connectivity index (χ1) is 7.77. The van der Waals surface area contributed by atoms with Crippen molar-refractivity contribution in [2.24, 2.45) is 0 Å². The number of halogens is 1. The van der Waals surface area contributed by atoms with E-state index < -0.39 is 0 Å². The van der Waals surface area contributed by atoms with Crippen LogP contribution in [0.1, 0.15) is 24.8 Å². The maximum Gasteiger partial charge on any atom is 0.137 e. The predicted octanol–water partition coefficient (Wildman–Crippen LogP) is 3.39. The average Bonchev–Trinajstić information content (AvgIpc) is 2.30. The quantitative estimate of drug-likeness (QED) is 0.776. The van der Waals surface area contributed by atoms with Crippen LogP contribution in [0, 0.1) is 22.7 Å². The van der Waals surface area contributed by atoms with E-state index >= 15 is 0 Å². The first kappa shape index (κ1) is 12.5. The number of benzene rings is 1. The Labute approximate surface area is 103 Å². The minimum Gasteiger partial charge on any atom is -0.492 e. The van der Waals surface area contributed by atoms with Gasteiger partial charge < -0.3 is 4.74 Å². The Balaban J connectivity index is 2.48. The molecule has 0 atom stereocenters. The fraction of sp³-hybridized carbons (Fsp3) is 0.333. The zero-order valence-electron chi connectivity index (χ0n) is 8.74. The molecule has 1 aromatic rings. The third kappa shape index (κ3) is 3.92. The van der Waals surface area contributed by atoms with E-state index in [-0.39, 0.29) is 0 Å². The van der Waals surface area contributed by atoms with Crippen molar-refractivity contribution in [3.05, 3.63) is 28.2 Å². The molecule has 0 saturated carbocycles. The van der Waals surface area contributed by atoms with E-state index in [4.69, 9.17) is 15.3 Å². The van der Waals surface area contributed by atoms with Gasteiger partial charge in [0.15, 0.2) is 0 Å². The standard InChI is InChI=1S/C12H11BrN2O/c13-11-4-5-12(10(8-11)9-15)16-7-3-1-2-6-14/h4-5,8H,1-3,7H2. The molecule has 82 valence electrons. The van der Waals surface area contributed by atoms with Crippen LogP contribution in [0.3, 0.4) is 0 Å². The van der Waals surface area contributed by atoms with Crippen molar-refractivity contribution in [1.82, 2.24) is 0 Å². The maximum absolute atomic E-state index is 8.89. The third-order valence-electron chi connectivity index (χ3n) is 2.00. The molecule has 0 bridgehead atoms. The van der Waals surface area contributed by atoms with Crippen LogP contribution in [-0.4, -0.2) is 6.61 Å². The lowest BCUT2D eigenvalue weighted by Crippen LogP contribution is -1.98. The molecule has 0 N–H and O–H groups in total. The number of nitrogens with zero attached hydrogens (tertiary/aromatic N) is 2. The number of unbranched alkanes of at least 4 members (excludes halogenated alkanes) is 2. The normalized spacial score (nSPS) is 9.19. The van der Waals surface area contributed by atoms with E-state index in [9.17, 15) is 0 Å². The lowest BCUT2D eigenvalue weighted by molar-refractivity contribution is 0.306. The molecule has 4 heteroatoms. The molecular weight excluding hydrogens is 268 g/mol. The van der Waals surface area contributed by atoms with Crippen molar-refractivity contribution in [1.29, 1.82) is 10.5 Å². The molecule has 16 heavy (non-hydrogen) atoms. The highest BCUT2D eigenvalue weighted by Crippen LogP contribution is 2.22. The van der Waals surface area contributed by atoms with Crippen molar-refractivity contribution >= 4 is 15.9 Å². The molecule has 0 amide bonds. The van der Waals surface area contributed by atoms with Gasteiger partial charge in [0, 0.05) is 10.9 Å². The highest BCUT2D eigenvalue weighted by molar-refractivity contribution is 9.10.